The molecule has 6 nitrogen and oxygen atoms in total. The van der Waals surface area contributed by atoms with Crippen LogP contribution in [-0.2, 0) is 0 Å². The van der Waals surface area contributed by atoms with Gasteiger partial charge in [0.2, 0.25) is 0 Å². The summed E-state index contributed by atoms with van der Waals surface area (Å²) in [5.41, 5.74) is 0.903. The topological polar surface area (TPSA) is 81.2 Å². The van der Waals surface area contributed by atoms with E-state index in [2.05, 4.69) is 15.3 Å². The molecule has 1 heterocycles. The normalized spacial score (nSPS) is 13.1. The maximum atomic E-state index is 12.3. The van der Waals surface area contributed by atoms with Crippen LogP contribution < -0.4 is 5.32 Å². The summed E-state index contributed by atoms with van der Waals surface area (Å²) in [5.74, 6) is 0.717. The van der Waals surface area contributed by atoms with E-state index in [1.807, 2.05) is 38.1 Å². The molecule has 1 atom stereocenters. The number of aromatic nitrogens is 2. The Balaban J connectivity index is 2.06. The molecule has 2 amide bonds. The number of aliphatic hydroxyl groups is 1. The van der Waals surface area contributed by atoms with Crippen molar-refractivity contribution < 1.29 is 9.90 Å². The molecule has 3 N–H and O–H groups in total. The highest BCUT2D eigenvalue weighted by Crippen LogP contribution is 2.16. The summed E-state index contributed by atoms with van der Waals surface area (Å²) in [5, 5.41) is 12.8. The summed E-state index contributed by atoms with van der Waals surface area (Å²) in [6, 6.07) is 7.30. The van der Waals surface area contributed by atoms with Crippen LogP contribution in [0.25, 0.3) is 11.0 Å². The average molecular weight is 304 g/mol. The standard InChI is InChI=1S/C16H24N4O2/c1-5-20(10-16(3,4)22)15(21)17-11(2)14-18-12-8-6-7-9-13(12)19-14/h6-9,11,22H,5,10H2,1-4H3,(H,17,21)(H,18,19). The third-order valence-electron chi connectivity index (χ3n) is 3.40. The first-order valence-electron chi connectivity index (χ1n) is 7.52. The van der Waals surface area contributed by atoms with Gasteiger partial charge in [0, 0.05) is 6.54 Å². The van der Waals surface area contributed by atoms with E-state index in [1.54, 1.807) is 18.7 Å². The Morgan fingerprint density at radius 2 is 2.14 bits per heavy atom. The maximum Gasteiger partial charge on any atom is 0.318 e. The Bertz CT molecular complexity index is 612. The molecule has 22 heavy (non-hydrogen) atoms. The number of para-hydroxylation sites is 2. The Kier molecular flexibility index (Phi) is 4.71. The van der Waals surface area contributed by atoms with Gasteiger partial charge in [-0.25, -0.2) is 9.78 Å². The number of nitrogens with one attached hydrogen (secondary N) is 2. The lowest BCUT2D eigenvalue weighted by Gasteiger charge is -2.29. The smallest absolute Gasteiger partial charge is 0.318 e. The van der Waals surface area contributed by atoms with E-state index in [0.717, 1.165) is 11.0 Å². The molecule has 120 valence electrons. The van der Waals surface area contributed by atoms with E-state index in [4.69, 9.17) is 0 Å². The average Bonchev–Trinajstić information content (AvgIpc) is 2.87. The highest BCUT2D eigenvalue weighted by Gasteiger charge is 2.23. The maximum absolute atomic E-state index is 12.3. The molecule has 0 saturated carbocycles. The zero-order valence-corrected chi connectivity index (χ0v) is 13.6. The van der Waals surface area contributed by atoms with Crippen molar-refractivity contribution in [3.8, 4) is 0 Å². The van der Waals surface area contributed by atoms with Gasteiger partial charge in [0.05, 0.1) is 29.2 Å². The van der Waals surface area contributed by atoms with Crippen LogP contribution in [0.15, 0.2) is 24.3 Å². The van der Waals surface area contributed by atoms with Gasteiger partial charge < -0.3 is 20.3 Å². The van der Waals surface area contributed by atoms with Crippen LogP contribution in [0.4, 0.5) is 4.79 Å². The number of aromatic amines is 1. The first-order chi connectivity index (χ1) is 10.3. The van der Waals surface area contributed by atoms with Gasteiger partial charge in [-0.05, 0) is 39.8 Å². The summed E-state index contributed by atoms with van der Waals surface area (Å²) in [6.07, 6.45) is 0. The number of imidazole rings is 1. The van der Waals surface area contributed by atoms with Crippen LogP contribution in [0.3, 0.4) is 0 Å². The molecule has 0 aliphatic rings. The van der Waals surface area contributed by atoms with Crippen molar-refractivity contribution in [3.63, 3.8) is 0 Å². The van der Waals surface area contributed by atoms with Crippen molar-refractivity contribution in [2.75, 3.05) is 13.1 Å². The van der Waals surface area contributed by atoms with E-state index in [0.29, 0.717) is 12.4 Å². The molecule has 0 fully saturated rings. The number of carbonyl (C=O) groups excluding carboxylic acids is 1. The molecule has 0 saturated heterocycles. The van der Waals surface area contributed by atoms with E-state index < -0.39 is 5.60 Å². The largest absolute Gasteiger partial charge is 0.389 e. The first kappa shape index (κ1) is 16.3. The predicted octanol–water partition coefficient (Wildman–Crippen LogP) is 2.43. The van der Waals surface area contributed by atoms with Crippen LogP contribution in [0.5, 0.6) is 0 Å². The lowest BCUT2D eigenvalue weighted by molar-refractivity contribution is 0.0476. The van der Waals surface area contributed by atoms with E-state index in [1.165, 1.54) is 0 Å². The number of urea groups is 1. The van der Waals surface area contributed by atoms with Crippen LogP contribution in [0.1, 0.15) is 39.6 Å². The van der Waals surface area contributed by atoms with Crippen LogP contribution >= 0.6 is 0 Å². The Morgan fingerprint density at radius 1 is 1.45 bits per heavy atom. The Morgan fingerprint density at radius 3 is 2.73 bits per heavy atom. The number of fused-ring (bicyclic) bond motifs is 1. The van der Waals surface area contributed by atoms with Gasteiger partial charge in [0.1, 0.15) is 5.82 Å². The van der Waals surface area contributed by atoms with Gasteiger partial charge in [-0.1, -0.05) is 12.1 Å². The molecule has 0 bridgehead atoms. The molecule has 6 heteroatoms. The fourth-order valence-corrected chi connectivity index (χ4v) is 2.32. The van der Waals surface area contributed by atoms with Crippen LogP contribution in [0, 0.1) is 0 Å². The zero-order chi connectivity index (χ0) is 16.3. The predicted molar refractivity (Wildman–Crippen MR) is 86.6 cm³/mol. The van der Waals surface area contributed by atoms with E-state index in [-0.39, 0.29) is 18.6 Å². The Labute approximate surface area is 130 Å². The molecule has 0 aliphatic heterocycles. The highest BCUT2D eigenvalue weighted by molar-refractivity contribution is 5.76. The van der Waals surface area contributed by atoms with Gasteiger partial charge in [-0.3, -0.25) is 0 Å². The highest BCUT2D eigenvalue weighted by atomic mass is 16.3. The molecule has 1 aromatic heterocycles. The summed E-state index contributed by atoms with van der Waals surface area (Å²) in [7, 11) is 0. The quantitative estimate of drug-likeness (QED) is 0.793. The lowest BCUT2D eigenvalue weighted by atomic mass is 10.1. The number of likely N-dealkylation sites (N-methyl/N-ethyl adjacent to an activating group) is 1. The SMILES string of the molecule is CCN(CC(C)(C)O)C(=O)NC(C)c1nc2ccccc2[nH]1. The fourth-order valence-electron chi connectivity index (χ4n) is 2.32. The molecule has 2 aromatic rings. The summed E-state index contributed by atoms with van der Waals surface area (Å²) in [4.78, 5) is 21.6. The van der Waals surface area contributed by atoms with E-state index in [9.17, 15) is 9.90 Å². The zero-order valence-electron chi connectivity index (χ0n) is 13.6. The van der Waals surface area contributed by atoms with Gasteiger partial charge in [-0.2, -0.15) is 0 Å². The van der Waals surface area contributed by atoms with Gasteiger partial charge in [0.15, 0.2) is 0 Å². The van der Waals surface area contributed by atoms with Gasteiger partial charge in [0.25, 0.3) is 0 Å². The number of nitrogens with zero attached hydrogens (tertiary/aromatic N) is 2. The number of H-pyrrole nitrogens is 1. The molecule has 1 unspecified atom stereocenters. The second kappa shape index (κ2) is 6.36. The molecule has 0 aliphatic carbocycles. The number of amides is 2. The molecule has 2 rings (SSSR count). The minimum atomic E-state index is -0.921. The van der Waals surface area contributed by atoms with Crippen LogP contribution in [0.2, 0.25) is 0 Å². The number of carbonyl (C=O) groups is 1. The number of benzene rings is 1. The number of hydrogen-bond acceptors (Lipinski definition) is 3. The first-order valence-corrected chi connectivity index (χ1v) is 7.52. The minimum Gasteiger partial charge on any atom is -0.389 e. The van der Waals surface area contributed by atoms with E-state index >= 15 is 0 Å². The van der Waals surface area contributed by atoms with Crippen molar-refractivity contribution in [3.05, 3.63) is 30.1 Å². The molecular formula is C16H24N4O2. The van der Waals surface area contributed by atoms with Crippen molar-refractivity contribution in [2.24, 2.45) is 0 Å². The van der Waals surface area contributed by atoms with Crippen molar-refractivity contribution in [2.45, 2.75) is 39.3 Å². The summed E-state index contributed by atoms with van der Waals surface area (Å²) in [6.45, 7) is 7.95. The Hall–Kier alpha value is -2.08. The number of hydrogen-bond donors (Lipinski definition) is 3. The van der Waals surface area contributed by atoms with Gasteiger partial charge >= 0.3 is 6.03 Å². The minimum absolute atomic E-state index is 0.211. The van der Waals surface area contributed by atoms with Gasteiger partial charge in [-0.15, -0.1) is 0 Å². The molecule has 0 radical (unpaired) electrons. The van der Waals surface area contributed by atoms with Crippen LogP contribution in [-0.4, -0.2) is 44.7 Å². The third kappa shape index (κ3) is 3.98. The van der Waals surface area contributed by atoms with Crippen molar-refractivity contribution >= 4 is 17.1 Å². The molecular weight excluding hydrogens is 280 g/mol. The third-order valence-corrected chi connectivity index (χ3v) is 3.40. The summed E-state index contributed by atoms with van der Waals surface area (Å²) >= 11 is 0. The molecule has 1 aromatic carbocycles. The second-order valence-corrected chi connectivity index (χ2v) is 6.14. The fraction of sp³-hybridized carbons (Fsp3) is 0.500. The lowest BCUT2D eigenvalue weighted by Crippen LogP contribution is -2.47. The van der Waals surface area contributed by atoms with Crippen molar-refractivity contribution in [1.29, 1.82) is 0 Å². The molecule has 0 spiro atoms. The van der Waals surface area contributed by atoms with Crippen molar-refractivity contribution in [1.82, 2.24) is 20.2 Å². The number of rotatable bonds is 5. The monoisotopic (exact) mass is 304 g/mol. The second-order valence-electron chi connectivity index (χ2n) is 6.14. The summed E-state index contributed by atoms with van der Waals surface area (Å²) < 4.78 is 0.